The number of likely N-dealkylation sites (N-methyl/N-ethyl adjacent to an activating group) is 1. The van der Waals surface area contributed by atoms with Crippen LogP contribution in [0, 0.1) is 12.3 Å². The minimum absolute atomic E-state index is 0.157. The fourth-order valence-corrected chi connectivity index (χ4v) is 1.36. The molecule has 17 heavy (non-hydrogen) atoms. The first-order chi connectivity index (χ1) is 8.02. The number of hydrogen-bond donors (Lipinski definition) is 2. The van der Waals surface area contributed by atoms with Gasteiger partial charge in [-0.2, -0.15) is 0 Å². The number of hydrogen-bond acceptors (Lipinski definition) is 3. The largest absolute Gasteiger partial charge is 0.399 e. The molecule has 1 amide bonds. The van der Waals surface area contributed by atoms with Crippen LogP contribution in [-0.4, -0.2) is 38.0 Å². The summed E-state index contributed by atoms with van der Waals surface area (Å²) in [5.74, 6) is 2.31. The highest BCUT2D eigenvalue weighted by Gasteiger charge is 2.06. The number of rotatable bonds is 4. The summed E-state index contributed by atoms with van der Waals surface area (Å²) in [6, 6.07) is 4.93. The summed E-state index contributed by atoms with van der Waals surface area (Å²) in [6.07, 6.45) is 5.28. The molecule has 0 fully saturated rings. The minimum Gasteiger partial charge on any atom is -0.399 e. The predicted octanol–water partition coefficient (Wildman–Crippen LogP) is 0.541. The molecule has 0 bridgehead atoms. The number of amides is 1. The summed E-state index contributed by atoms with van der Waals surface area (Å²) >= 11 is 0. The maximum Gasteiger partial charge on any atom is 0.251 e. The van der Waals surface area contributed by atoms with E-state index in [0.717, 1.165) is 6.54 Å². The lowest BCUT2D eigenvalue weighted by Crippen LogP contribution is -2.31. The lowest BCUT2D eigenvalue weighted by Gasteiger charge is -2.10. The van der Waals surface area contributed by atoms with Crippen molar-refractivity contribution in [2.24, 2.45) is 0 Å². The van der Waals surface area contributed by atoms with Gasteiger partial charge in [0.25, 0.3) is 5.91 Å². The average molecular weight is 231 g/mol. The van der Waals surface area contributed by atoms with E-state index >= 15 is 0 Å². The third kappa shape index (κ3) is 4.17. The van der Waals surface area contributed by atoms with Gasteiger partial charge in [-0.1, -0.05) is 5.92 Å². The second-order valence-corrected chi connectivity index (χ2v) is 4.05. The van der Waals surface area contributed by atoms with Crippen molar-refractivity contribution in [1.29, 1.82) is 0 Å². The monoisotopic (exact) mass is 231 g/mol. The predicted molar refractivity (Wildman–Crippen MR) is 69.7 cm³/mol. The van der Waals surface area contributed by atoms with Crippen LogP contribution in [0.2, 0.25) is 0 Å². The number of benzene rings is 1. The highest BCUT2D eigenvalue weighted by Crippen LogP contribution is 2.11. The minimum atomic E-state index is -0.157. The molecule has 0 aromatic heterocycles. The van der Waals surface area contributed by atoms with Crippen LogP contribution in [0.15, 0.2) is 18.2 Å². The Morgan fingerprint density at radius 1 is 1.47 bits per heavy atom. The van der Waals surface area contributed by atoms with Gasteiger partial charge >= 0.3 is 0 Å². The Bertz CT molecular complexity index is 446. The molecule has 0 atom stereocenters. The van der Waals surface area contributed by atoms with Crippen molar-refractivity contribution in [1.82, 2.24) is 10.2 Å². The van der Waals surface area contributed by atoms with Crippen molar-refractivity contribution in [3.63, 3.8) is 0 Å². The molecular formula is C13H17N3O. The Hall–Kier alpha value is -1.99. The van der Waals surface area contributed by atoms with E-state index in [1.165, 1.54) is 0 Å². The van der Waals surface area contributed by atoms with Crippen LogP contribution >= 0.6 is 0 Å². The molecule has 0 aliphatic rings. The smallest absolute Gasteiger partial charge is 0.251 e. The van der Waals surface area contributed by atoms with Crippen LogP contribution < -0.4 is 11.1 Å². The van der Waals surface area contributed by atoms with E-state index in [1.54, 1.807) is 18.2 Å². The quantitative estimate of drug-likeness (QED) is 0.587. The fourth-order valence-electron chi connectivity index (χ4n) is 1.36. The van der Waals surface area contributed by atoms with E-state index in [0.29, 0.717) is 23.4 Å². The molecule has 3 N–H and O–H groups in total. The molecule has 4 heteroatoms. The molecule has 0 saturated carbocycles. The number of nitrogens with one attached hydrogen (secondary N) is 1. The van der Waals surface area contributed by atoms with Crippen molar-refractivity contribution in [2.45, 2.75) is 0 Å². The van der Waals surface area contributed by atoms with Crippen LogP contribution in [0.25, 0.3) is 0 Å². The van der Waals surface area contributed by atoms with Gasteiger partial charge in [-0.05, 0) is 32.3 Å². The molecule has 0 unspecified atom stereocenters. The van der Waals surface area contributed by atoms with Crippen LogP contribution in [0.4, 0.5) is 5.69 Å². The van der Waals surface area contributed by atoms with Gasteiger partial charge in [-0.3, -0.25) is 4.79 Å². The van der Waals surface area contributed by atoms with E-state index in [9.17, 15) is 4.79 Å². The molecule has 1 aromatic rings. The Balaban J connectivity index is 2.69. The number of carbonyl (C=O) groups is 1. The number of terminal acetylenes is 1. The number of anilines is 1. The normalized spacial score (nSPS) is 10.0. The van der Waals surface area contributed by atoms with Gasteiger partial charge in [0.2, 0.25) is 0 Å². The van der Waals surface area contributed by atoms with E-state index in [4.69, 9.17) is 12.2 Å². The first kappa shape index (κ1) is 13.1. The maximum atomic E-state index is 11.8. The van der Waals surface area contributed by atoms with E-state index in [2.05, 4.69) is 11.2 Å². The molecule has 0 spiro atoms. The van der Waals surface area contributed by atoms with Gasteiger partial charge in [-0.15, -0.1) is 6.42 Å². The van der Waals surface area contributed by atoms with Gasteiger partial charge in [0.05, 0.1) is 0 Å². The Morgan fingerprint density at radius 2 is 2.18 bits per heavy atom. The zero-order chi connectivity index (χ0) is 12.8. The summed E-state index contributed by atoms with van der Waals surface area (Å²) in [5.41, 5.74) is 7.27. The van der Waals surface area contributed by atoms with E-state index in [-0.39, 0.29) is 5.91 Å². The van der Waals surface area contributed by atoms with E-state index < -0.39 is 0 Å². The second-order valence-electron chi connectivity index (χ2n) is 4.05. The molecule has 0 saturated heterocycles. The van der Waals surface area contributed by atoms with Crippen LogP contribution in [0.5, 0.6) is 0 Å². The zero-order valence-electron chi connectivity index (χ0n) is 10.2. The molecule has 4 nitrogen and oxygen atoms in total. The Kier molecular flexibility index (Phi) is 4.56. The summed E-state index contributed by atoms with van der Waals surface area (Å²) < 4.78 is 0. The number of carbonyl (C=O) groups excluding carboxylic acids is 1. The third-order valence-corrected chi connectivity index (χ3v) is 2.23. The van der Waals surface area contributed by atoms with Gasteiger partial charge in [0.1, 0.15) is 0 Å². The molecule has 90 valence electrons. The lowest BCUT2D eigenvalue weighted by molar-refractivity contribution is 0.0951. The fraction of sp³-hybridized carbons (Fsp3) is 0.308. The Labute approximate surface area is 102 Å². The summed E-state index contributed by atoms with van der Waals surface area (Å²) in [4.78, 5) is 13.8. The van der Waals surface area contributed by atoms with E-state index in [1.807, 2.05) is 19.0 Å². The van der Waals surface area contributed by atoms with Crippen LogP contribution in [-0.2, 0) is 0 Å². The lowest BCUT2D eigenvalue weighted by atomic mass is 10.1. The molecule has 0 aliphatic carbocycles. The number of nitrogens with two attached hydrogens (primary N) is 1. The summed E-state index contributed by atoms with van der Waals surface area (Å²) in [5, 5.41) is 2.80. The molecule has 1 aromatic carbocycles. The molecule has 1 rings (SSSR count). The van der Waals surface area contributed by atoms with Crippen molar-refractivity contribution in [3.8, 4) is 12.3 Å². The molecule has 0 radical (unpaired) electrons. The molecule has 0 heterocycles. The van der Waals surface area contributed by atoms with Gasteiger partial charge in [-0.25, -0.2) is 0 Å². The van der Waals surface area contributed by atoms with Crippen molar-refractivity contribution >= 4 is 11.6 Å². The highest BCUT2D eigenvalue weighted by molar-refractivity contribution is 5.95. The molecule has 0 aliphatic heterocycles. The average Bonchev–Trinajstić information content (AvgIpc) is 2.27. The van der Waals surface area contributed by atoms with Gasteiger partial charge in [0, 0.05) is 29.9 Å². The maximum absolute atomic E-state index is 11.8. The summed E-state index contributed by atoms with van der Waals surface area (Å²) in [7, 11) is 3.90. The Morgan fingerprint density at radius 3 is 2.76 bits per heavy atom. The molecular weight excluding hydrogens is 214 g/mol. The number of nitrogens with zero attached hydrogens (tertiary/aromatic N) is 1. The summed E-state index contributed by atoms with van der Waals surface area (Å²) in [6.45, 7) is 1.38. The SMILES string of the molecule is C#Cc1cc(N)cc(C(=O)NCCN(C)C)c1. The van der Waals surface area contributed by atoms with Gasteiger partial charge < -0.3 is 16.0 Å². The standard InChI is InChI=1S/C13H17N3O/c1-4-10-7-11(9-12(14)8-10)13(17)15-5-6-16(2)3/h1,7-9H,5-6,14H2,2-3H3,(H,15,17). The zero-order valence-corrected chi connectivity index (χ0v) is 10.2. The van der Waals surface area contributed by atoms with Crippen molar-refractivity contribution in [2.75, 3.05) is 32.9 Å². The highest BCUT2D eigenvalue weighted by atomic mass is 16.1. The second kappa shape index (κ2) is 5.92. The van der Waals surface area contributed by atoms with Crippen LogP contribution in [0.3, 0.4) is 0 Å². The van der Waals surface area contributed by atoms with Crippen molar-refractivity contribution < 1.29 is 4.79 Å². The van der Waals surface area contributed by atoms with Gasteiger partial charge in [0.15, 0.2) is 0 Å². The number of nitrogen functional groups attached to an aromatic ring is 1. The third-order valence-electron chi connectivity index (χ3n) is 2.23. The van der Waals surface area contributed by atoms with Crippen molar-refractivity contribution in [3.05, 3.63) is 29.3 Å². The first-order valence-corrected chi connectivity index (χ1v) is 5.33. The topological polar surface area (TPSA) is 58.4 Å². The van der Waals surface area contributed by atoms with Crippen LogP contribution in [0.1, 0.15) is 15.9 Å². The first-order valence-electron chi connectivity index (χ1n) is 5.33.